The molecule has 29 heavy (non-hydrogen) atoms. The van der Waals surface area contributed by atoms with Crippen molar-refractivity contribution < 1.29 is 4.39 Å². The number of allylic oxidation sites excluding steroid dienone is 10. The zero-order chi connectivity index (χ0) is 22.2. The highest BCUT2D eigenvalue weighted by Gasteiger charge is 2.11. The van der Waals surface area contributed by atoms with Crippen LogP contribution < -0.4 is 0 Å². The number of rotatable bonds is 8. The SMILES string of the molecule is C=C.C=C.C=C/C=C(\C)CCc1ccc(CC2=CCC(/C(C=C)=C/C)=C2)cc1F. The Morgan fingerprint density at radius 2 is 1.83 bits per heavy atom. The van der Waals surface area contributed by atoms with E-state index in [0.29, 0.717) is 0 Å². The van der Waals surface area contributed by atoms with Crippen molar-refractivity contribution in [2.75, 3.05) is 0 Å². The molecule has 0 amide bonds. The summed E-state index contributed by atoms with van der Waals surface area (Å²) < 4.78 is 14.4. The molecule has 0 heterocycles. The molecule has 2 rings (SSSR count). The minimum atomic E-state index is -0.105. The molecule has 0 unspecified atom stereocenters. The Hall–Kier alpha value is -2.93. The van der Waals surface area contributed by atoms with E-state index in [0.717, 1.165) is 36.8 Å². The molecule has 0 atom stereocenters. The average Bonchev–Trinajstić information content (AvgIpc) is 3.20. The molecular formula is C28H35F. The van der Waals surface area contributed by atoms with Crippen LogP contribution in [0, 0.1) is 5.82 Å². The maximum atomic E-state index is 14.4. The smallest absolute Gasteiger partial charge is 0.126 e. The van der Waals surface area contributed by atoms with Crippen molar-refractivity contribution in [3.8, 4) is 0 Å². The second-order valence-electron chi connectivity index (χ2n) is 6.45. The molecule has 1 aliphatic carbocycles. The molecular weight excluding hydrogens is 355 g/mol. The first-order chi connectivity index (χ1) is 14.1. The molecule has 0 radical (unpaired) electrons. The minimum absolute atomic E-state index is 0.105. The summed E-state index contributed by atoms with van der Waals surface area (Å²) in [6.45, 7) is 23.6. The van der Waals surface area contributed by atoms with Crippen LogP contribution in [0.25, 0.3) is 0 Å². The summed E-state index contributed by atoms with van der Waals surface area (Å²) in [7, 11) is 0. The predicted octanol–water partition coefficient (Wildman–Crippen LogP) is 8.43. The van der Waals surface area contributed by atoms with Crippen LogP contribution in [0.2, 0.25) is 0 Å². The van der Waals surface area contributed by atoms with Gasteiger partial charge in [0.25, 0.3) is 0 Å². The number of halogens is 1. The maximum absolute atomic E-state index is 14.4. The van der Waals surface area contributed by atoms with Crippen LogP contribution in [0.15, 0.2) is 116 Å². The summed E-state index contributed by atoms with van der Waals surface area (Å²) in [6.07, 6.45) is 15.4. The number of benzene rings is 1. The lowest BCUT2D eigenvalue weighted by Crippen LogP contribution is -1.95. The number of hydrogen-bond donors (Lipinski definition) is 0. The monoisotopic (exact) mass is 390 g/mol. The Morgan fingerprint density at radius 1 is 1.14 bits per heavy atom. The van der Waals surface area contributed by atoms with Crippen molar-refractivity contribution in [3.63, 3.8) is 0 Å². The molecule has 0 saturated carbocycles. The average molecular weight is 391 g/mol. The van der Waals surface area contributed by atoms with Crippen LogP contribution >= 0.6 is 0 Å². The fourth-order valence-electron chi connectivity index (χ4n) is 3.10. The van der Waals surface area contributed by atoms with Gasteiger partial charge in [-0.15, -0.1) is 26.3 Å². The van der Waals surface area contributed by atoms with Crippen LogP contribution in [0.3, 0.4) is 0 Å². The molecule has 0 fully saturated rings. The highest BCUT2D eigenvalue weighted by molar-refractivity contribution is 5.49. The van der Waals surface area contributed by atoms with E-state index in [4.69, 9.17) is 0 Å². The molecule has 0 aliphatic heterocycles. The Balaban J connectivity index is 0.00000184. The van der Waals surface area contributed by atoms with Crippen molar-refractivity contribution >= 4 is 0 Å². The molecule has 0 bridgehead atoms. The second-order valence-corrected chi connectivity index (χ2v) is 6.45. The van der Waals surface area contributed by atoms with E-state index < -0.39 is 0 Å². The standard InChI is InChI=1S/C24H27F.2C2H4/c1-5-8-18(4)9-12-22-13-10-20(17-24(22)25)15-19-11-14-23(16-19)21(6-2)7-3;2*1-2/h5-8,10-11,13,16-17H,1-2,9,12,14-15H2,3-4H3;2*1-2H2/b18-8+,21-7+;;. The Kier molecular flexibility index (Phi) is 13.5. The molecule has 1 aliphatic rings. The van der Waals surface area contributed by atoms with E-state index in [-0.39, 0.29) is 5.82 Å². The molecule has 0 nitrogen and oxygen atoms in total. The molecule has 1 heteroatoms. The molecule has 154 valence electrons. The quantitative estimate of drug-likeness (QED) is 0.308. The second kappa shape index (κ2) is 15.0. The van der Waals surface area contributed by atoms with Crippen molar-refractivity contribution in [3.05, 3.63) is 133 Å². The molecule has 0 aromatic heterocycles. The van der Waals surface area contributed by atoms with E-state index in [9.17, 15) is 4.39 Å². The summed E-state index contributed by atoms with van der Waals surface area (Å²) in [5, 5.41) is 0. The lowest BCUT2D eigenvalue weighted by Gasteiger charge is -2.07. The fraction of sp³-hybridized carbons (Fsp3) is 0.214. The van der Waals surface area contributed by atoms with Crippen molar-refractivity contribution in [2.24, 2.45) is 0 Å². The van der Waals surface area contributed by atoms with Crippen molar-refractivity contribution in [1.29, 1.82) is 0 Å². The maximum Gasteiger partial charge on any atom is 0.126 e. The normalized spacial score (nSPS) is 13.2. The third kappa shape index (κ3) is 8.74. The van der Waals surface area contributed by atoms with Gasteiger partial charge in [0.1, 0.15) is 5.82 Å². The first kappa shape index (κ1) is 26.1. The van der Waals surface area contributed by atoms with Gasteiger partial charge in [0.2, 0.25) is 0 Å². The Morgan fingerprint density at radius 3 is 2.38 bits per heavy atom. The lowest BCUT2D eigenvalue weighted by atomic mass is 10.00. The largest absolute Gasteiger partial charge is 0.207 e. The van der Waals surface area contributed by atoms with Crippen LogP contribution in [0.1, 0.15) is 37.8 Å². The van der Waals surface area contributed by atoms with E-state index in [1.807, 2.05) is 38.1 Å². The van der Waals surface area contributed by atoms with E-state index in [2.05, 4.69) is 57.7 Å². The van der Waals surface area contributed by atoms with E-state index in [1.54, 1.807) is 12.1 Å². The summed E-state index contributed by atoms with van der Waals surface area (Å²) in [5.74, 6) is -0.105. The van der Waals surface area contributed by atoms with Gasteiger partial charge in [-0.2, -0.15) is 0 Å². The molecule has 1 aromatic rings. The molecule has 1 aromatic carbocycles. The predicted molar refractivity (Wildman–Crippen MR) is 130 cm³/mol. The number of hydrogen-bond acceptors (Lipinski definition) is 0. The zero-order valence-electron chi connectivity index (χ0n) is 18.1. The van der Waals surface area contributed by atoms with Gasteiger partial charge >= 0.3 is 0 Å². The van der Waals surface area contributed by atoms with Crippen LogP contribution in [0.5, 0.6) is 0 Å². The topological polar surface area (TPSA) is 0 Å². The Labute approximate surface area is 177 Å². The summed E-state index contributed by atoms with van der Waals surface area (Å²) in [4.78, 5) is 0. The van der Waals surface area contributed by atoms with Gasteiger partial charge in [-0.3, -0.25) is 0 Å². The first-order valence-electron chi connectivity index (χ1n) is 9.81. The summed E-state index contributed by atoms with van der Waals surface area (Å²) >= 11 is 0. The third-order valence-corrected chi connectivity index (χ3v) is 4.56. The highest BCUT2D eigenvalue weighted by Crippen LogP contribution is 2.27. The summed E-state index contributed by atoms with van der Waals surface area (Å²) in [5.41, 5.74) is 6.72. The van der Waals surface area contributed by atoms with Crippen LogP contribution in [0.4, 0.5) is 4.39 Å². The molecule has 0 N–H and O–H groups in total. The van der Waals surface area contributed by atoms with Gasteiger partial charge in [-0.25, -0.2) is 4.39 Å². The van der Waals surface area contributed by atoms with Gasteiger partial charge in [0.05, 0.1) is 0 Å². The van der Waals surface area contributed by atoms with Crippen LogP contribution in [-0.2, 0) is 12.8 Å². The van der Waals surface area contributed by atoms with Gasteiger partial charge in [-0.05, 0) is 73.4 Å². The van der Waals surface area contributed by atoms with E-state index in [1.165, 1.54) is 22.3 Å². The fourth-order valence-corrected chi connectivity index (χ4v) is 3.10. The van der Waals surface area contributed by atoms with E-state index >= 15 is 0 Å². The summed E-state index contributed by atoms with van der Waals surface area (Å²) in [6, 6.07) is 5.65. The van der Waals surface area contributed by atoms with Crippen molar-refractivity contribution in [2.45, 2.75) is 39.5 Å². The van der Waals surface area contributed by atoms with Gasteiger partial charge in [0.15, 0.2) is 0 Å². The minimum Gasteiger partial charge on any atom is -0.207 e. The van der Waals surface area contributed by atoms with Crippen LogP contribution in [-0.4, -0.2) is 0 Å². The molecule has 0 spiro atoms. The molecule has 0 saturated heterocycles. The van der Waals surface area contributed by atoms with Crippen molar-refractivity contribution in [1.82, 2.24) is 0 Å². The lowest BCUT2D eigenvalue weighted by molar-refractivity contribution is 0.606. The van der Waals surface area contributed by atoms with Gasteiger partial charge in [0, 0.05) is 0 Å². The third-order valence-electron chi connectivity index (χ3n) is 4.56. The zero-order valence-corrected chi connectivity index (χ0v) is 18.1. The van der Waals surface area contributed by atoms with Gasteiger partial charge < -0.3 is 0 Å². The highest BCUT2D eigenvalue weighted by atomic mass is 19.1. The first-order valence-corrected chi connectivity index (χ1v) is 9.81. The van der Waals surface area contributed by atoms with Gasteiger partial charge in [-0.1, -0.05) is 67.3 Å². The Bertz CT molecular complexity index is 798. The number of aryl methyl sites for hydroxylation is 1.